The predicted octanol–water partition coefficient (Wildman–Crippen LogP) is 3.46. The van der Waals surface area contributed by atoms with Crippen LogP contribution in [0.5, 0.6) is 0 Å². The second kappa shape index (κ2) is 7.78. The zero-order valence-corrected chi connectivity index (χ0v) is 12.8. The molecule has 0 amide bonds. The lowest BCUT2D eigenvalue weighted by molar-refractivity contribution is 0.305. The fourth-order valence-electron chi connectivity index (χ4n) is 2.04. The largest absolute Gasteiger partial charge is 0.409 e. The van der Waals surface area contributed by atoms with E-state index in [-0.39, 0.29) is 5.41 Å². The van der Waals surface area contributed by atoms with Gasteiger partial charge in [-0.3, -0.25) is 0 Å². The van der Waals surface area contributed by atoms with Gasteiger partial charge in [0.15, 0.2) is 0 Å². The van der Waals surface area contributed by atoms with E-state index in [0.717, 1.165) is 19.5 Å². The molecule has 0 saturated heterocycles. The summed E-state index contributed by atoms with van der Waals surface area (Å²) in [4.78, 5) is 2.37. The van der Waals surface area contributed by atoms with Crippen LogP contribution in [0, 0.1) is 5.41 Å². The first-order valence-electron chi connectivity index (χ1n) is 7.29. The average molecular weight is 277 g/mol. The molecule has 0 spiro atoms. The zero-order chi connectivity index (χ0) is 15.0. The lowest BCUT2D eigenvalue weighted by Crippen LogP contribution is -2.36. The van der Waals surface area contributed by atoms with Crippen LogP contribution in [0.1, 0.15) is 40.0 Å². The maximum atomic E-state index is 8.84. The minimum absolute atomic E-state index is 0.293. The van der Waals surface area contributed by atoms with Crippen LogP contribution in [0.2, 0.25) is 0 Å². The molecule has 0 radical (unpaired) electrons. The Morgan fingerprint density at radius 2 is 1.90 bits per heavy atom. The van der Waals surface area contributed by atoms with Gasteiger partial charge in [0.1, 0.15) is 5.84 Å². The van der Waals surface area contributed by atoms with Gasteiger partial charge in [-0.25, -0.2) is 0 Å². The Kier molecular flexibility index (Phi) is 6.36. The molecule has 4 heteroatoms. The van der Waals surface area contributed by atoms with Gasteiger partial charge >= 0.3 is 0 Å². The molecule has 0 fully saturated rings. The van der Waals surface area contributed by atoms with E-state index in [1.807, 2.05) is 19.9 Å². The Hall–Kier alpha value is -1.71. The first kappa shape index (κ1) is 16.3. The summed E-state index contributed by atoms with van der Waals surface area (Å²) in [7, 11) is 0. The minimum atomic E-state index is -0.298. The van der Waals surface area contributed by atoms with Crippen molar-refractivity contribution in [3.05, 3.63) is 30.3 Å². The third kappa shape index (κ3) is 4.76. The van der Waals surface area contributed by atoms with E-state index in [2.05, 4.69) is 41.2 Å². The van der Waals surface area contributed by atoms with Crippen molar-refractivity contribution in [2.45, 2.75) is 40.0 Å². The quantitative estimate of drug-likeness (QED) is 0.331. The molecule has 0 aromatic heterocycles. The summed E-state index contributed by atoms with van der Waals surface area (Å²) < 4.78 is 0. The highest BCUT2D eigenvalue weighted by molar-refractivity contribution is 5.85. The molecule has 1 rings (SSSR count). The molecule has 0 unspecified atom stereocenters. The molecule has 0 saturated carbocycles. The van der Waals surface area contributed by atoms with Crippen molar-refractivity contribution in [1.82, 2.24) is 0 Å². The van der Waals surface area contributed by atoms with Gasteiger partial charge in [-0.2, -0.15) is 0 Å². The molecule has 0 bridgehead atoms. The number of oxime groups is 1. The molecule has 112 valence electrons. The number of anilines is 1. The van der Waals surface area contributed by atoms with E-state index >= 15 is 0 Å². The van der Waals surface area contributed by atoms with Gasteiger partial charge in [0.05, 0.1) is 0 Å². The maximum Gasteiger partial charge on any atom is 0.144 e. The van der Waals surface area contributed by atoms with Crippen LogP contribution in [0.4, 0.5) is 5.69 Å². The number of nitrogens with two attached hydrogens (primary N) is 1. The van der Waals surface area contributed by atoms with Crippen LogP contribution >= 0.6 is 0 Å². The first-order chi connectivity index (χ1) is 9.51. The summed E-state index contributed by atoms with van der Waals surface area (Å²) in [5.74, 6) is 0.293. The zero-order valence-electron chi connectivity index (χ0n) is 12.8. The Bertz CT molecular complexity index is 415. The van der Waals surface area contributed by atoms with Crippen molar-refractivity contribution in [2.24, 2.45) is 16.3 Å². The number of unbranched alkanes of at least 4 members (excludes halogenated alkanes) is 1. The lowest BCUT2D eigenvalue weighted by atomic mass is 9.88. The fraction of sp³-hybridized carbons (Fsp3) is 0.562. The van der Waals surface area contributed by atoms with Gasteiger partial charge in [0, 0.05) is 24.2 Å². The van der Waals surface area contributed by atoms with Crippen molar-refractivity contribution in [3.8, 4) is 0 Å². The number of para-hydroxylation sites is 1. The highest BCUT2D eigenvalue weighted by atomic mass is 16.4. The van der Waals surface area contributed by atoms with Crippen molar-refractivity contribution < 1.29 is 5.21 Å². The molecule has 3 N–H and O–H groups in total. The second-order valence-corrected chi connectivity index (χ2v) is 5.80. The van der Waals surface area contributed by atoms with Crippen LogP contribution in [0.25, 0.3) is 0 Å². The monoisotopic (exact) mass is 277 g/mol. The molecule has 0 aliphatic heterocycles. The standard InChI is InChI=1S/C16H27N3O/c1-4-5-12-19(14-9-7-6-8-10-14)13-11-16(2,3)15(17)18-20/h6-10,20H,4-5,11-13H2,1-3H3,(H2,17,18). The maximum absolute atomic E-state index is 8.84. The number of amidine groups is 1. The molecule has 0 aliphatic rings. The van der Waals surface area contributed by atoms with Crippen LogP contribution in [-0.2, 0) is 0 Å². The SMILES string of the molecule is CCCCN(CCC(C)(C)C(N)=NO)c1ccccc1. The van der Waals surface area contributed by atoms with E-state index in [4.69, 9.17) is 10.9 Å². The topological polar surface area (TPSA) is 61.8 Å². The number of rotatable bonds is 8. The summed E-state index contributed by atoms with van der Waals surface area (Å²) in [5.41, 5.74) is 6.69. The highest BCUT2D eigenvalue weighted by Crippen LogP contribution is 2.23. The summed E-state index contributed by atoms with van der Waals surface area (Å²) in [6.45, 7) is 8.14. The molecule has 0 heterocycles. The van der Waals surface area contributed by atoms with Crippen molar-refractivity contribution in [3.63, 3.8) is 0 Å². The minimum Gasteiger partial charge on any atom is -0.409 e. The summed E-state index contributed by atoms with van der Waals surface area (Å²) in [5, 5.41) is 12.0. The third-order valence-corrected chi connectivity index (χ3v) is 3.71. The summed E-state index contributed by atoms with van der Waals surface area (Å²) >= 11 is 0. The van der Waals surface area contributed by atoms with Crippen LogP contribution < -0.4 is 10.6 Å². The van der Waals surface area contributed by atoms with E-state index < -0.39 is 0 Å². The Morgan fingerprint density at radius 3 is 2.45 bits per heavy atom. The highest BCUT2D eigenvalue weighted by Gasteiger charge is 2.24. The van der Waals surface area contributed by atoms with Crippen molar-refractivity contribution in [1.29, 1.82) is 0 Å². The fourth-order valence-corrected chi connectivity index (χ4v) is 2.04. The van der Waals surface area contributed by atoms with Gasteiger partial charge in [-0.05, 0) is 25.0 Å². The Labute approximate surface area is 122 Å². The molecular formula is C16H27N3O. The number of hydrogen-bond donors (Lipinski definition) is 2. The third-order valence-electron chi connectivity index (χ3n) is 3.71. The van der Waals surface area contributed by atoms with Gasteiger partial charge < -0.3 is 15.8 Å². The van der Waals surface area contributed by atoms with E-state index in [1.165, 1.54) is 18.5 Å². The van der Waals surface area contributed by atoms with E-state index in [1.54, 1.807) is 0 Å². The average Bonchev–Trinajstić information content (AvgIpc) is 2.47. The van der Waals surface area contributed by atoms with Crippen LogP contribution in [0.15, 0.2) is 35.5 Å². The number of benzene rings is 1. The molecule has 0 aliphatic carbocycles. The van der Waals surface area contributed by atoms with E-state index in [0.29, 0.717) is 5.84 Å². The Morgan fingerprint density at radius 1 is 1.25 bits per heavy atom. The van der Waals surface area contributed by atoms with Crippen molar-refractivity contribution in [2.75, 3.05) is 18.0 Å². The first-order valence-corrected chi connectivity index (χ1v) is 7.29. The van der Waals surface area contributed by atoms with Crippen LogP contribution in [0.3, 0.4) is 0 Å². The molecule has 0 atom stereocenters. The van der Waals surface area contributed by atoms with Gasteiger partial charge in [0.2, 0.25) is 0 Å². The normalized spacial score (nSPS) is 12.4. The number of hydrogen-bond acceptors (Lipinski definition) is 3. The van der Waals surface area contributed by atoms with E-state index in [9.17, 15) is 0 Å². The molecule has 1 aromatic rings. The van der Waals surface area contributed by atoms with Gasteiger partial charge in [0.25, 0.3) is 0 Å². The number of nitrogens with zero attached hydrogens (tertiary/aromatic N) is 2. The molecule has 4 nitrogen and oxygen atoms in total. The Balaban J connectivity index is 2.71. The second-order valence-electron chi connectivity index (χ2n) is 5.80. The van der Waals surface area contributed by atoms with Crippen molar-refractivity contribution >= 4 is 11.5 Å². The van der Waals surface area contributed by atoms with Crippen LogP contribution in [-0.4, -0.2) is 24.1 Å². The van der Waals surface area contributed by atoms with Gasteiger partial charge in [-0.15, -0.1) is 0 Å². The molecule has 20 heavy (non-hydrogen) atoms. The molecule has 1 aromatic carbocycles. The predicted molar refractivity (Wildman–Crippen MR) is 85.4 cm³/mol. The lowest BCUT2D eigenvalue weighted by Gasteiger charge is -2.30. The smallest absolute Gasteiger partial charge is 0.144 e. The summed E-state index contributed by atoms with van der Waals surface area (Å²) in [6, 6.07) is 10.4. The van der Waals surface area contributed by atoms with Gasteiger partial charge in [-0.1, -0.05) is 50.5 Å². The summed E-state index contributed by atoms with van der Waals surface area (Å²) in [6.07, 6.45) is 3.19. The molecular weight excluding hydrogens is 250 g/mol.